The largest absolute Gasteiger partial charge is 0.382 e. The first-order valence-corrected chi connectivity index (χ1v) is 10.0. The molecule has 0 radical (unpaired) electrons. The molecule has 25 heavy (non-hydrogen) atoms. The number of aromatic nitrogens is 4. The molecule has 2 aliphatic rings. The van der Waals surface area contributed by atoms with Gasteiger partial charge < -0.3 is 10.2 Å². The fraction of sp³-hybridized carbons (Fsp3) is 0.737. The third kappa shape index (κ3) is 3.78. The molecule has 0 atom stereocenters. The number of hydrogen-bond donors (Lipinski definition) is 1. The molecule has 136 valence electrons. The molecule has 2 fully saturated rings. The zero-order chi connectivity index (χ0) is 17.1. The van der Waals surface area contributed by atoms with Crippen molar-refractivity contribution >= 4 is 11.3 Å². The molecule has 0 amide bonds. The molecule has 2 aromatic heterocycles. The predicted octanol–water partition coefficient (Wildman–Crippen LogP) is 3.14. The number of anilines is 1. The molecule has 0 spiro atoms. The van der Waals surface area contributed by atoms with Crippen molar-refractivity contribution in [3.8, 4) is 0 Å². The van der Waals surface area contributed by atoms with E-state index in [0.717, 1.165) is 42.0 Å². The SMILES string of the molecule is CCc1cc(NCCC2CCN(C3CCCC3)CC2)c2nncn2n1. The molecular weight excluding hydrogens is 312 g/mol. The monoisotopic (exact) mass is 342 g/mol. The second kappa shape index (κ2) is 7.68. The average Bonchev–Trinajstić information content (AvgIpc) is 3.34. The van der Waals surface area contributed by atoms with Crippen molar-refractivity contribution in [1.82, 2.24) is 24.7 Å². The highest BCUT2D eigenvalue weighted by Crippen LogP contribution is 2.29. The summed E-state index contributed by atoms with van der Waals surface area (Å²) in [5, 5.41) is 16.3. The Kier molecular flexibility index (Phi) is 5.15. The Balaban J connectivity index is 1.28. The second-order valence-corrected chi connectivity index (χ2v) is 7.64. The molecule has 1 aliphatic carbocycles. The standard InChI is InChI=1S/C19H30N6/c1-2-16-13-18(19-22-21-14-25(19)23-16)20-10-7-15-8-11-24(12-9-15)17-5-3-4-6-17/h13-15,17,20H,2-12H2,1H3. The minimum absolute atomic E-state index is 0.827. The van der Waals surface area contributed by atoms with Crippen LogP contribution in [-0.4, -0.2) is 50.4 Å². The molecule has 1 N–H and O–H groups in total. The predicted molar refractivity (Wildman–Crippen MR) is 99.8 cm³/mol. The van der Waals surface area contributed by atoms with Crippen LogP contribution in [0.15, 0.2) is 12.4 Å². The van der Waals surface area contributed by atoms with Crippen LogP contribution in [0.25, 0.3) is 5.65 Å². The lowest BCUT2D eigenvalue weighted by Gasteiger charge is -2.36. The Bertz CT molecular complexity index is 682. The number of nitrogens with one attached hydrogen (secondary N) is 1. The summed E-state index contributed by atoms with van der Waals surface area (Å²) in [6, 6.07) is 3.01. The molecule has 1 aliphatic heterocycles. The third-order valence-electron chi connectivity index (χ3n) is 6.04. The van der Waals surface area contributed by atoms with Crippen molar-refractivity contribution in [2.45, 2.75) is 64.3 Å². The lowest BCUT2D eigenvalue weighted by molar-refractivity contribution is 0.132. The number of nitrogens with zero attached hydrogens (tertiary/aromatic N) is 5. The van der Waals surface area contributed by atoms with Crippen molar-refractivity contribution in [3.63, 3.8) is 0 Å². The molecule has 1 saturated heterocycles. The highest BCUT2D eigenvalue weighted by Gasteiger charge is 2.26. The summed E-state index contributed by atoms with van der Waals surface area (Å²) in [7, 11) is 0. The van der Waals surface area contributed by atoms with Crippen molar-refractivity contribution in [1.29, 1.82) is 0 Å². The Hall–Kier alpha value is -1.69. The fourth-order valence-corrected chi connectivity index (χ4v) is 4.47. The van der Waals surface area contributed by atoms with Gasteiger partial charge in [-0.1, -0.05) is 19.8 Å². The van der Waals surface area contributed by atoms with Crippen molar-refractivity contribution in [3.05, 3.63) is 18.1 Å². The lowest BCUT2D eigenvalue weighted by atomic mass is 9.92. The zero-order valence-corrected chi connectivity index (χ0v) is 15.3. The summed E-state index contributed by atoms with van der Waals surface area (Å²) >= 11 is 0. The second-order valence-electron chi connectivity index (χ2n) is 7.64. The van der Waals surface area contributed by atoms with Crippen molar-refractivity contribution in [2.75, 3.05) is 25.0 Å². The Morgan fingerprint density at radius 3 is 2.72 bits per heavy atom. The van der Waals surface area contributed by atoms with Crippen LogP contribution in [0.2, 0.25) is 0 Å². The first-order chi connectivity index (χ1) is 12.3. The van der Waals surface area contributed by atoms with E-state index in [2.05, 4.69) is 38.5 Å². The first kappa shape index (κ1) is 16.8. The molecule has 3 heterocycles. The zero-order valence-electron chi connectivity index (χ0n) is 15.3. The minimum Gasteiger partial charge on any atom is -0.382 e. The third-order valence-corrected chi connectivity index (χ3v) is 6.04. The van der Waals surface area contributed by atoms with Crippen LogP contribution in [-0.2, 0) is 6.42 Å². The van der Waals surface area contributed by atoms with Crippen molar-refractivity contribution in [2.24, 2.45) is 5.92 Å². The molecule has 6 nitrogen and oxygen atoms in total. The van der Waals surface area contributed by atoms with Crippen molar-refractivity contribution < 1.29 is 0 Å². The molecule has 1 saturated carbocycles. The Morgan fingerprint density at radius 1 is 1.16 bits per heavy atom. The minimum atomic E-state index is 0.827. The van der Waals surface area contributed by atoms with Gasteiger partial charge in [-0.2, -0.15) is 9.61 Å². The maximum Gasteiger partial charge on any atom is 0.200 e. The molecule has 4 rings (SSSR count). The van der Waals surface area contributed by atoms with Gasteiger partial charge in [-0.3, -0.25) is 0 Å². The fourth-order valence-electron chi connectivity index (χ4n) is 4.47. The normalized spacial score (nSPS) is 20.5. The van der Waals surface area contributed by atoms with Gasteiger partial charge in [0.05, 0.1) is 11.4 Å². The van der Waals surface area contributed by atoms with Gasteiger partial charge >= 0.3 is 0 Å². The van der Waals surface area contributed by atoms with E-state index in [9.17, 15) is 0 Å². The number of aryl methyl sites for hydroxylation is 1. The average molecular weight is 342 g/mol. The van der Waals surface area contributed by atoms with E-state index < -0.39 is 0 Å². The highest BCUT2D eigenvalue weighted by atomic mass is 15.3. The summed E-state index contributed by atoms with van der Waals surface area (Å²) in [6.07, 6.45) is 12.3. The molecule has 6 heteroatoms. The van der Waals surface area contributed by atoms with E-state index in [1.54, 1.807) is 10.8 Å². The number of likely N-dealkylation sites (tertiary alicyclic amines) is 1. The summed E-state index contributed by atoms with van der Waals surface area (Å²) in [6.45, 7) is 5.74. The van der Waals surface area contributed by atoms with Crippen LogP contribution < -0.4 is 5.32 Å². The van der Waals surface area contributed by atoms with E-state index in [0.29, 0.717) is 0 Å². The van der Waals surface area contributed by atoms with Gasteiger partial charge in [0.1, 0.15) is 6.33 Å². The molecular formula is C19H30N6. The van der Waals surface area contributed by atoms with Crippen LogP contribution in [0.1, 0.15) is 57.6 Å². The van der Waals surface area contributed by atoms with E-state index in [4.69, 9.17) is 0 Å². The molecule has 0 unspecified atom stereocenters. The van der Waals surface area contributed by atoms with Gasteiger partial charge in [0.2, 0.25) is 5.65 Å². The summed E-state index contributed by atoms with van der Waals surface area (Å²) in [5.41, 5.74) is 2.96. The van der Waals surface area contributed by atoms with Crippen LogP contribution in [0, 0.1) is 5.92 Å². The Labute approximate surface area is 150 Å². The quantitative estimate of drug-likeness (QED) is 0.874. The van der Waals surface area contributed by atoms with Gasteiger partial charge in [-0.25, -0.2) is 0 Å². The molecule has 2 aromatic rings. The topological polar surface area (TPSA) is 58.3 Å². The number of hydrogen-bond acceptors (Lipinski definition) is 5. The molecule has 0 bridgehead atoms. The van der Waals surface area contributed by atoms with Gasteiger partial charge in [-0.15, -0.1) is 10.2 Å². The highest BCUT2D eigenvalue weighted by molar-refractivity contribution is 5.66. The van der Waals surface area contributed by atoms with Gasteiger partial charge in [0.15, 0.2) is 0 Å². The van der Waals surface area contributed by atoms with Gasteiger partial charge in [0.25, 0.3) is 0 Å². The van der Waals surface area contributed by atoms with E-state index in [1.165, 1.54) is 58.0 Å². The number of rotatable bonds is 6. The Morgan fingerprint density at radius 2 is 1.96 bits per heavy atom. The van der Waals surface area contributed by atoms with E-state index in [-0.39, 0.29) is 0 Å². The van der Waals surface area contributed by atoms with Gasteiger partial charge in [0, 0.05) is 12.6 Å². The van der Waals surface area contributed by atoms with E-state index >= 15 is 0 Å². The summed E-state index contributed by atoms with van der Waals surface area (Å²) in [5.74, 6) is 0.853. The van der Waals surface area contributed by atoms with Crippen LogP contribution in [0.4, 0.5) is 5.69 Å². The lowest BCUT2D eigenvalue weighted by Crippen LogP contribution is -2.40. The number of fused-ring (bicyclic) bond motifs is 1. The maximum absolute atomic E-state index is 4.50. The maximum atomic E-state index is 4.50. The van der Waals surface area contributed by atoms with Gasteiger partial charge in [-0.05, 0) is 63.6 Å². The first-order valence-electron chi connectivity index (χ1n) is 10.0. The number of piperidine rings is 1. The van der Waals surface area contributed by atoms with Crippen LogP contribution in [0.3, 0.4) is 0 Å². The van der Waals surface area contributed by atoms with Crippen LogP contribution in [0.5, 0.6) is 0 Å². The summed E-state index contributed by atoms with van der Waals surface area (Å²) < 4.78 is 1.78. The smallest absolute Gasteiger partial charge is 0.200 e. The molecule has 0 aromatic carbocycles. The van der Waals surface area contributed by atoms with Crippen LogP contribution >= 0.6 is 0 Å². The summed E-state index contributed by atoms with van der Waals surface area (Å²) in [4.78, 5) is 2.76. The van der Waals surface area contributed by atoms with E-state index in [1.807, 2.05) is 0 Å².